The van der Waals surface area contributed by atoms with Gasteiger partial charge in [-0.05, 0) is 30.2 Å². The van der Waals surface area contributed by atoms with Crippen LogP contribution >= 0.6 is 0 Å². The summed E-state index contributed by atoms with van der Waals surface area (Å²) in [6.45, 7) is 1.95. The average Bonchev–Trinajstić information content (AvgIpc) is 2.36. The quantitative estimate of drug-likeness (QED) is 0.453. The Balaban J connectivity index is 0.000000180. The SMILES string of the molecule is Cc1ccc(N)cc1N.NC(N)c1ccccc1. The van der Waals surface area contributed by atoms with E-state index in [1.807, 2.05) is 49.4 Å². The molecule has 8 N–H and O–H groups in total. The van der Waals surface area contributed by atoms with Gasteiger partial charge in [-0.25, -0.2) is 0 Å². The molecular weight excluding hydrogens is 224 g/mol. The third kappa shape index (κ3) is 4.45. The van der Waals surface area contributed by atoms with Crippen molar-refractivity contribution in [1.82, 2.24) is 0 Å². The second kappa shape index (κ2) is 6.64. The minimum atomic E-state index is -0.341. The molecule has 0 spiro atoms. The average molecular weight is 244 g/mol. The lowest BCUT2D eigenvalue weighted by molar-refractivity contribution is 0.774. The number of benzene rings is 2. The number of hydrogen-bond donors (Lipinski definition) is 4. The van der Waals surface area contributed by atoms with E-state index in [1.165, 1.54) is 0 Å². The van der Waals surface area contributed by atoms with E-state index < -0.39 is 0 Å². The van der Waals surface area contributed by atoms with Crippen molar-refractivity contribution in [2.24, 2.45) is 11.5 Å². The topological polar surface area (TPSA) is 104 Å². The van der Waals surface area contributed by atoms with Gasteiger partial charge in [0.05, 0.1) is 6.17 Å². The largest absolute Gasteiger partial charge is 0.399 e. The maximum absolute atomic E-state index is 5.54. The van der Waals surface area contributed by atoms with Crippen molar-refractivity contribution in [3.63, 3.8) is 0 Å². The lowest BCUT2D eigenvalue weighted by Gasteiger charge is -2.02. The smallest absolute Gasteiger partial charge is 0.0784 e. The number of hydrogen-bond acceptors (Lipinski definition) is 4. The highest BCUT2D eigenvalue weighted by atomic mass is 14.8. The van der Waals surface area contributed by atoms with Crippen molar-refractivity contribution in [2.45, 2.75) is 13.1 Å². The van der Waals surface area contributed by atoms with Crippen molar-refractivity contribution >= 4 is 11.4 Å². The highest BCUT2D eigenvalue weighted by Gasteiger charge is 1.93. The normalized spacial score (nSPS) is 9.78. The number of nitrogen functional groups attached to an aromatic ring is 2. The number of anilines is 2. The fourth-order valence-electron chi connectivity index (χ4n) is 1.33. The van der Waals surface area contributed by atoms with Gasteiger partial charge in [0, 0.05) is 11.4 Å². The molecule has 0 radical (unpaired) electrons. The molecule has 2 aromatic carbocycles. The Kier molecular flexibility index (Phi) is 5.17. The highest BCUT2D eigenvalue weighted by molar-refractivity contribution is 5.55. The van der Waals surface area contributed by atoms with Gasteiger partial charge >= 0.3 is 0 Å². The molecule has 0 heterocycles. The summed E-state index contributed by atoms with van der Waals surface area (Å²) in [4.78, 5) is 0. The monoisotopic (exact) mass is 244 g/mol. The second-order valence-electron chi connectivity index (χ2n) is 4.05. The van der Waals surface area contributed by atoms with Crippen LogP contribution in [0.2, 0.25) is 0 Å². The predicted octanol–water partition coefficient (Wildman–Crippen LogP) is 1.76. The van der Waals surface area contributed by atoms with Crippen LogP contribution in [-0.2, 0) is 0 Å². The van der Waals surface area contributed by atoms with E-state index in [-0.39, 0.29) is 6.17 Å². The van der Waals surface area contributed by atoms with Gasteiger partial charge in [-0.15, -0.1) is 0 Å². The summed E-state index contributed by atoms with van der Waals surface area (Å²) in [5, 5.41) is 0. The molecule has 0 aliphatic rings. The van der Waals surface area contributed by atoms with Gasteiger partial charge in [-0.2, -0.15) is 0 Å². The van der Waals surface area contributed by atoms with Gasteiger partial charge < -0.3 is 22.9 Å². The molecule has 0 aliphatic heterocycles. The molecule has 0 aliphatic carbocycles. The lowest BCUT2D eigenvalue weighted by Crippen LogP contribution is -2.19. The van der Waals surface area contributed by atoms with E-state index in [0.717, 1.165) is 22.5 Å². The maximum Gasteiger partial charge on any atom is 0.0784 e. The summed E-state index contributed by atoms with van der Waals surface area (Å²) in [6.07, 6.45) is -0.341. The van der Waals surface area contributed by atoms with Crippen LogP contribution in [0.25, 0.3) is 0 Å². The van der Waals surface area contributed by atoms with Gasteiger partial charge in [0.1, 0.15) is 0 Å². The van der Waals surface area contributed by atoms with Crippen LogP contribution in [0.1, 0.15) is 17.3 Å². The first-order valence-corrected chi connectivity index (χ1v) is 5.68. The molecule has 0 bridgehead atoms. The molecule has 0 amide bonds. The van der Waals surface area contributed by atoms with E-state index in [9.17, 15) is 0 Å². The van der Waals surface area contributed by atoms with Crippen LogP contribution < -0.4 is 22.9 Å². The first kappa shape index (κ1) is 14.0. The van der Waals surface area contributed by atoms with Crippen LogP contribution in [0.3, 0.4) is 0 Å². The molecule has 0 fully saturated rings. The second-order valence-corrected chi connectivity index (χ2v) is 4.05. The van der Waals surface area contributed by atoms with Crippen molar-refractivity contribution in [3.8, 4) is 0 Å². The van der Waals surface area contributed by atoms with Crippen LogP contribution in [0.4, 0.5) is 11.4 Å². The standard InChI is InChI=1S/2C7H10N2/c1-5-2-3-6(8)4-7(5)9;8-7(9)6-4-2-1-3-5-6/h2-4H,8-9H2,1H3;1-5,7H,8-9H2. The zero-order valence-electron chi connectivity index (χ0n) is 10.5. The molecule has 2 rings (SSSR count). The molecule has 4 nitrogen and oxygen atoms in total. The fraction of sp³-hybridized carbons (Fsp3) is 0.143. The Morgan fingerprint density at radius 3 is 1.89 bits per heavy atom. The summed E-state index contributed by atoms with van der Waals surface area (Å²) in [6, 6.07) is 15.1. The summed E-state index contributed by atoms with van der Waals surface area (Å²) < 4.78 is 0. The molecule has 0 unspecified atom stereocenters. The Labute approximate surface area is 108 Å². The molecule has 2 aromatic rings. The van der Waals surface area contributed by atoms with Gasteiger partial charge in [0.15, 0.2) is 0 Å². The molecule has 96 valence electrons. The molecular formula is C14H20N4. The van der Waals surface area contributed by atoms with Gasteiger partial charge in [-0.3, -0.25) is 0 Å². The zero-order valence-corrected chi connectivity index (χ0v) is 10.5. The van der Waals surface area contributed by atoms with Gasteiger partial charge in [0.25, 0.3) is 0 Å². The van der Waals surface area contributed by atoms with E-state index in [2.05, 4.69) is 0 Å². The van der Waals surface area contributed by atoms with Crippen LogP contribution in [0, 0.1) is 6.92 Å². The van der Waals surface area contributed by atoms with Crippen molar-refractivity contribution < 1.29 is 0 Å². The van der Waals surface area contributed by atoms with E-state index >= 15 is 0 Å². The molecule has 0 atom stereocenters. The van der Waals surface area contributed by atoms with E-state index in [0.29, 0.717) is 0 Å². The van der Waals surface area contributed by atoms with Crippen LogP contribution in [0.15, 0.2) is 48.5 Å². The summed E-state index contributed by atoms with van der Waals surface area (Å²) in [5.74, 6) is 0. The minimum Gasteiger partial charge on any atom is -0.399 e. The Morgan fingerprint density at radius 2 is 1.50 bits per heavy atom. The first-order valence-electron chi connectivity index (χ1n) is 5.68. The van der Waals surface area contributed by atoms with Crippen molar-refractivity contribution in [3.05, 3.63) is 59.7 Å². The third-order valence-electron chi connectivity index (χ3n) is 2.49. The van der Waals surface area contributed by atoms with Crippen LogP contribution in [-0.4, -0.2) is 0 Å². The van der Waals surface area contributed by atoms with E-state index in [1.54, 1.807) is 6.07 Å². The molecule has 0 saturated heterocycles. The van der Waals surface area contributed by atoms with Crippen LogP contribution in [0.5, 0.6) is 0 Å². The van der Waals surface area contributed by atoms with Crippen molar-refractivity contribution in [2.75, 3.05) is 11.5 Å². The summed E-state index contributed by atoms with van der Waals surface area (Å²) in [5.41, 5.74) is 25.3. The fourth-order valence-corrected chi connectivity index (χ4v) is 1.33. The summed E-state index contributed by atoms with van der Waals surface area (Å²) in [7, 11) is 0. The Hall–Kier alpha value is -2.04. The lowest BCUT2D eigenvalue weighted by atomic mass is 10.2. The number of rotatable bonds is 1. The zero-order chi connectivity index (χ0) is 13.5. The molecule has 4 heteroatoms. The van der Waals surface area contributed by atoms with Gasteiger partial charge in [-0.1, -0.05) is 36.4 Å². The van der Waals surface area contributed by atoms with E-state index in [4.69, 9.17) is 22.9 Å². The van der Waals surface area contributed by atoms with Crippen molar-refractivity contribution in [1.29, 1.82) is 0 Å². The molecule has 18 heavy (non-hydrogen) atoms. The maximum atomic E-state index is 5.54. The minimum absolute atomic E-state index is 0.341. The first-order chi connectivity index (χ1) is 8.50. The molecule has 0 aromatic heterocycles. The highest BCUT2D eigenvalue weighted by Crippen LogP contribution is 2.13. The van der Waals surface area contributed by atoms with Gasteiger partial charge in [0.2, 0.25) is 0 Å². The summed E-state index contributed by atoms with van der Waals surface area (Å²) >= 11 is 0. The molecule has 0 saturated carbocycles. The Morgan fingerprint density at radius 1 is 0.889 bits per heavy atom. The predicted molar refractivity (Wildman–Crippen MR) is 77.6 cm³/mol. The Bertz CT molecular complexity index is 480. The number of nitrogens with two attached hydrogens (primary N) is 4. The third-order valence-corrected chi connectivity index (χ3v) is 2.49. The number of aryl methyl sites for hydroxylation is 1.